The smallest absolute Gasteiger partial charge is 0.307 e. The van der Waals surface area contributed by atoms with E-state index in [-0.39, 0.29) is 19.6 Å². The quantitative estimate of drug-likeness (QED) is 0.607. The van der Waals surface area contributed by atoms with Crippen molar-refractivity contribution in [3.63, 3.8) is 0 Å². The zero-order valence-corrected chi connectivity index (χ0v) is 12.6. The van der Waals surface area contributed by atoms with Gasteiger partial charge in [-0.15, -0.1) is 0 Å². The van der Waals surface area contributed by atoms with E-state index in [2.05, 4.69) is 10.1 Å². The van der Waals surface area contributed by atoms with Crippen molar-refractivity contribution in [2.75, 3.05) is 27.4 Å². The molecule has 118 valence electrons. The summed E-state index contributed by atoms with van der Waals surface area (Å²) in [6, 6.07) is 4.81. The first-order valence-electron chi connectivity index (χ1n) is 6.77. The number of aliphatic hydroxyl groups excluding tert-OH is 2. The van der Waals surface area contributed by atoms with Crippen molar-refractivity contribution in [1.82, 2.24) is 5.32 Å². The number of hydrogen-bond donors (Lipinski definition) is 3. The van der Waals surface area contributed by atoms with Crippen molar-refractivity contribution in [1.29, 1.82) is 0 Å². The molecule has 1 aromatic carbocycles. The van der Waals surface area contributed by atoms with Crippen molar-refractivity contribution in [2.24, 2.45) is 0 Å². The van der Waals surface area contributed by atoms with Crippen LogP contribution >= 0.6 is 0 Å². The lowest BCUT2D eigenvalue weighted by molar-refractivity contribution is -0.142. The minimum atomic E-state index is -0.887. The van der Waals surface area contributed by atoms with E-state index in [4.69, 9.17) is 9.84 Å². The number of carbonyl (C=O) groups is 1. The van der Waals surface area contributed by atoms with Gasteiger partial charge in [-0.25, -0.2) is 0 Å². The largest absolute Gasteiger partial charge is 0.497 e. The van der Waals surface area contributed by atoms with Crippen LogP contribution in [0, 0.1) is 6.92 Å². The number of esters is 1. The Kier molecular flexibility index (Phi) is 7.14. The van der Waals surface area contributed by atoms with Gasteiger partial charge in [0.05, 0.1) is 33.4 Å². The summed E-state index contributed by atoms with van der Waals surface area (Å²) in [7, 11) is 2.88. The third-order valence-corrected chi connectivity index (χ3v) is 3.31. The topological polar surface area (TPSA) is 88.0 Å². The Balaban J connectivity index is 2.92. The fraction of sp³-hybridized carbons (Fsp3) is 0.533. The average Bonchev–Trinajstić information content (AvgIpc) is 2.50. The van der Waals surface area contributed by atoms with Crippen molar-refractivity contribution in [2.45, 2.75) is 25.5 Å². The molecule has 0 bridgehead atoms. The van der Waals surface area contributed by atoms with Gasteiger partial charge in [0.1, 0.15) is 5.75 Å². The van der Waals surface area contributed by atoms with Crippen LogP contribution in [0.5, 0.6) is 5.75 Å². The highest BCUT2D eigenvalue weighted by molar-refractivity contribution is 5.70. The van der Waals surface area contributed by atoms with Gasteiger partial charge < -0.3 is 25.0 Å². The maximum Gasteiger partial charge on any atom is 0.307 e. The molecule has 0 saturated heterocycles. The Morgan fingerprint density at radius 2 is 2.10 bits per heavy atom. The molecular formula is C15H23NO5. The Hall–Kier alpha value is -1.63. The highest BCUT2D eigenvalue weighted by Gasteiger charge is 2.25. The monoisotopic (exact) mass is 297 g/mol. The fourth-order valence-electron chi connectivity index (χ4n) is 2.13. The van der Waals surface area contributed by atoms with Crippen LogP contribution in [-0.4, -0.2) is 49.6 Å². The van der Waals surface area contributed by atoms with E-state index in [9.17, 15) is 9.90 Å². The van der Waals surface area contributed by atoms with Gasteiger partial charge in [0.2, 0.25) is 0 Å². The molecular weight excluding hydrogens is 274 g/mol. The summed E-state index contributed by atoms with van der Waals surface area (Å²) in [5.74, 6) is 0.284. The third kappa shape index (κ3) is 5.00. The Bertz CT molecular complexity index is 463. The van der Waals surface area contributed by atoms with Crippen LogP contribution in [0.15, 0.2) is 18.2 Å². The summed E-state index contributed by atoms with van der Waals surface area (Å²) in [5.41, 5.74) is 1.57. The van der Waals surface area contributed by atoms with E-state index in [1.807, 2.05) is 13.0 Å². The van der Waals surface area contributed by atoms with Crippen LogP contribution in [0.3, 0.4) is 0 Å². The third-order valence-electron chi connectivity index (χ3n) is 3.31. The molecule has 0 aromatic heterocycles. The molecule has 0 aliphatic carbocycles. The molecule has 2 unspecified atom stereocenters. The SMILES string of the molecule is COC(=O)CC(NCCO)C(O)c1ccc(OC)cc1C. The van der Waals surface area contributed by atoms with Gasteiger partial charge >= 0.3 is 5.97 Å². The second-order valence-electron chi connectivity index (χ2n) is 4.73. The van der Waals surface area contributed by atoms with Crippen LogP contribution in [0.1, 0.15) is 23.7 Å². The van der Waals surface area contributed by atoms with Gasteiger partial charge in [-0.3, -0.25) is 4.79 Å². The van der Waals surface area contributed by atoms with Gasteiger partial charge in [0.15, 0.2) is 0 Å². The zero-order chi connectivity index (χ0) is 15.8. The molecule has 1 rings (SSSR count). The molecule has 0 heterocycles. The van der Waals surface area contributed by atoms with Gasteiger partial charge in [0, 0.05) is 12.6 Å². The van der Waals surface area contributed by atoms with Gasteiger partial charge in [-0.2, -0.15) is 0 Å². The lowest BCUT2D eigenvalue weighted by Crippen LogP contribution is -2.39. The molecule has 21 heavy (non-hydrogen) atoms. The van der Waals surface area contributed by atoms with Crippen molar-refractivity contribution >= 4 is 5.97 Å². The highest BCUT2D eigenvalue weighted by atomic mass is 16.5. The van der Waals surface area contributed by atoms with Crippen LogP contribution in [0.2, 0.25) is 0 Å². The lowest BCUT2D eigenvalue weighted by atomic mass is 9.95. The number of carbonyl (C=O) groups excluding carboxylic acids is 1. The Morgan fingerprint density at radius 1 is 1.38 bits per heavy atom. The van der Waals surface area contributed by atoms with Crippen LogP contribution in [0.4, 0.5) is 0 Å². The summed E-state index contributed by atoms with van der Waals surface area (Å²) in [6.45, 7) is 2.07. The van der Waals surface area contributed by atoms with Gasteiger partial charge in [-0.05, 0) is 30.2 Å². The highest BCUT2D eigenvalue weighted by Crippen LogP contribution is 2.26. The van der Waals surface area contributed by atoms with Gasteiger partial charge in [0.25, 0.3) is 0 Å². The number of rotatable bonds is 8. The molecule has 0 fully saturated rings. The maximum atomic E-state index is 11.5. The van der Waals surface area contributed by atoms with E-state index in [0.717, 1.165) is 5.56 Å². The number of methoxy groups -OCH3 is 2. The molecule has 0 amide bonds. The first-order valence-corrected chi connectivity index (χ1v) is 6.77. The molecule has 0 saturated carbocycles. The van der Waals surface area contributed by atoms with E-state index < -0.39 is 18.1 Å². The first-order chi connectivity index (χ1) is 10.0. The Labute approximate surface area is 124 Å². The van der Waals surface area contributed by atoms with E-state index in [1.54, 1.807) is 19.2 Å². The molecule has 1 aromatic rings. The predicted octanol–water partition coefficient (Wildman–Crippen LogP) is 0.551. The van der Waals surface area contributed by atoms with Crippen molar-refractivity contribution in [3.8, 4) is 5.75 Å². The molecule has 0 aliphatic rings. The second-order valence-corrected chi connectivity index (χ2v) is 4.73. The summed E-state index contributed by atoms with van der Waals surface area (Å²) >= 11 is 0. The molecule has 2 atom stereocenters. The minimum Gasteiger partial charge on any atom is -0.497 e. The second kappa shape index (κ2) is 8.61. The Morgan fingerprint density at radius 3 is 2.62 bits per heavy atom. The number of nitrogens with one attached hydrogen (secondary N) is 1. The number of hydrogen-bond acceptors (Lipinski definition) is 6. The molecule has 6 nitrogen and oxygen atoms in total. The molecule has 6 heteroatoms. The zero-order valence-electron chi connectivity index (χ0n) is 12.6. The average molecular weight is 297 g/mol. The number of aliphatic hydroxyl groups is 2. The maximum absolute atomic E-state index is 11.5. The van der Waals surface area contributed by atoms with Crippen LogP contribution in [-0.2, 0) is 9.53 Å². The van der Waals surface area contributed by atoms with Crippen LogP contribution in [0.25, 0.3) is 0 Å². The molecule has 3 N–H and O–H groups in total. The lowest BCUT2D eigenvalue weighted by Gasteiger charge is -2.25. The summed E-state index contributed by atoms with van der Waals surface area (Å²) in [4.78, 5) is 11.5. The minimum absolute atomic E-state index is 0.0170. The normalized spacial score (nSPS) is 13.6. The first kappa shape index (κ1) is 17.4. The summed E-state index contributed by atoms with van der Waals surface area (Å²) < 4.78 is 9.77. The number of benzene rings is 1. The summed E-state index contributed by atoms with van der Waals surface area (Å²) in [5, 5.41) is 22.4. The molecule has 0 aliphatic heterocycles. The summed E-state index contributed by atoms with van der Waals surface area (Å²) in [6.07, 6.45) is -0.870. The number of aryl methyl sites for hydroxylation is 1. The van der Waals surface area contributed by atoms with E-state index >= 15 is 0 Å². The van der Waals surface area contributed by atoms with Crippen LogP contribution < -0.4 is 10.1 Å². The van der Waals surface area contributed by atoms with Crippen molar-refractivity contribution in [3.05, 3.63) is 29.3 Å². The van der Waals surface area contributed by atoms with Gasteiger partial charge in [-0.1, -0.05) is 6.07 Å². The van der Waals surface area contributed by atoms with E-state index in [1.165, 1.54) is 7.11 Å². The predicted molar refractivity (Wildman–Crippen MR) is 78.2 cm³/mol. The van der Waals surface area contributed by atoms with E-state index in [0.29, 0.717) is 11.3 Å². The fourth-order valence-corrected chi connectivity index (χ4v) is 2.13. The molecule has 0 spiro atoms. The molecule has 0 radical (unpaired) electrons. The standard InChI is InChI=1S/C15H23NO5/c1-10-8-11(20-2)4-5-12(10)15(19)13(16-6-7-17)9-14(18)21-3/h4-5,8,13,15-17,19H,6-7,9H2,1-3H3. The number of ether oxygens (including phenoxy) is 2. The van der Waals surface area contributed by atoms with Crippen molar-refractivity contribution < 1.29 is 24.5 Å².